The molecule has 0 saturated carbocycles. The zero-order valence-corrected chi connectivity index (χ0v) is 18.1. The van der Waals surface area contributed by atoms with E-state index in [1.165, 1.54) is 40.3 Å². The molecule has 0 saturated heterocycles. The fraction of sp³-hybridized carbons (Fsp3) is 0.136. The summed E-state index contributed by atoms with van der Waals surface area (Å²) in [6.45, 7) is 0.112. The Morgan fingerprint density at radius 2 is 1.94 bits per heavy atom. The number of nitrogens with zero attached hydrogens (tertiary/aromatic N) is 4. The van der Waals surface area contributed by atoms with Crippen LogP contribution in [0.2, 0.25) is 0 Å². The van der Waals surface area contributed by atoms with Crippen LogP contribution < -0.4 is 4.18 Å². The van der Waals surface area contributed by atoms with Crippen molar-refractivity contribution in [3.63, 3.8) is 0 Å². The molecule has 0 bridgehead atoms. The predicted molar refractivity (Wildman–Crippen MR) is 114 cm³/mol. The highest BCUT2D eigenvalue weighted by atomic mass is 32.2. The number of fused-ring (bicyclic) bond motifs is 2. The van der Waals surface area contributed by atoms with Crippen LogP contribution >= 0.6 is 0 Å². The maximum absolute atomic E-state index is 13.3. The predicted octanol–water partition coefficient (Wildman–Crippen LogP) is 2.74. The fourth-order valence-electron chi connectivity index (χ4n) is 3.82. The van der Waals surface area contributed by atoms with Gasteiger partial charge in [0.2, 0.25) is 5.03 Å². The molecule has 1 aliphatic heterocycles. The molecular weight excluding hydrogens is 451 g/mol. The van der Waals surface area contributed by atoms with Crippen molar-refractivity contribution in [3.05, 3.63) is 77.6 Å². The first-order chi connectivity index (χ1) is 15.7. The molecule has 0 unspecified atom stereocenters. The number of hydrogen-bond acceptors (Lipinski definition) is 7. The number of benzene rings is 2. The molecule has 1 aliphatic rings. The number of aryl methyl sites for hydroxylation is 1. The zero-order chi connectivity index (χ0) is 23.3. The Hall–Kier alpha value is -3.99. The van der Waals surface area contributed by atoms with Gasteiger partial charge in [0.05, 0.1) is 18.4 Å². The normalized spacial score (nSPS) is 13.5. The Kier molecular flexibility index (Phi) is 4.78. The lowest BCUT2D eigenvalue weighted by atomic mass is 10.0. The van der Waals surface area contributed by atoms with Crippen molar-refractivity contribution < 1.29 is 26.9 Å². The molecular formula is C22H17FN4O5S. The van der Waals surface area contributed by atoms with Crippen molar-refractivity contribution in [1.29, 1.82) is 0 Å². The van der Waals surface area contributed by atoms with Crippen LogP contribution in [0, 0.1) is 5.82 Å². The number of carbonyl (C=O) groups excluding carboxylic acids is 1. The van der Waals surface area contributed by atoms with Crippen LogP contribution in [0.15, 0.2) is 60.1 Å². The molecule has 0 spiro atoms. The van der Waals surface area contributed by atoms with Crippen molar-refractivity contribution in [2.45, 2.75) is 18.1 Å². The SMILES string of the molecule is Cn1cnc(S(=O)(=O)Oc2c3c(c(O)c4ncccc24)C(=O)N(Cc2ccc(F)cc2)C3)c1. The van der Waals surface area contributed by atoms with Gasteiger partial charge >= 0.3 is 10.1 Å². The highest BCUT2D eigenvalue weighted by molar-refractivity contribution is 7.87. The van der Waals surface area contributed by atoms with Gasteiger partial charge in [-0.05, 0) is 29.8 Å². The van der Waals surface area contributed by atoms with Crippen LogP contribution in [0.4, 0.5) is 4.39 Å². The van der Waals surface area contributed by atoms with Crippen molar-refractivity contribution in [2.24, 2.45) is 7.05 Å². The lowest BCUT2D eigenvalue weighted by molar-refractivity contribution is 0.0764. The van der Waals surface area contributed by atoms with Crippen LogP contribution in [0.3, 0.4) is 0 Å². The number of hydrogen-bond donors (Lipinski definition) is 1. The first-order valence-corrected chi connectivity index (χ1v) is 11.2. The molecule has 0 atom stereocenters. The standard InChI is InChI=1S/C22H17FN4O5S/c1-26-11-17(25-12-26)33(30,31)32-21-15-3-2-8-24-19(15)20(28)18-16(21)10-27(22(18)29)9-13-4-6-14(23)7-5-13/h2-8,11-12,28H,9-10H2,1H3. The molecule has 9 nitrogen and oxygen atoms in total. The van der Waals surface area contributed by atoms with Crippen LogP contribution in [-0.4, -0.2) is 38.9 Å². The van der Waals surface area contributed by atoms with Gasteiger partial charge in [0.25, 0.3) is 5.91 Å². The van der Waals surface area contributed by atoms with Gasteiger partial charge in [-0.3, -0.25) is 9.78 Å². The van der Waals surface area contributed by atoms with Crippen molar-refractivity contribution in [3.8, 4) is 11.5 Å². The minimum atomic E-state index is -4.33. The molecule has 2 aromatic carbocycles. The summed E-state index contributed by atoms with van der Waals surface area (Å²) in [6.07, 6.45) is 4.04. The summed E-state index contributed by atoms with van der Waals surface area (Å²) in [4.78, 5) is 22.5. The van der Waals surface area contributed by atoms with E-state index in [2.05, 4.69) is 9.97 Å². The van der Waals surface area contributed by atoms with E-state index in [1.54, 1.807) is 31.3 Å². The summed E-state index contributed by atoms with van der Waals surface area (Å²) < 4.78 is 46.0. The molecule has 168 valence electrons. The Bertz CT molecular complexity index is 1520. The van der Waals surface area contributed by atoms with Gasteiger partial charge in [-0.15, -0.1) is 0 Å². The van der Waals surface area contributed by atoms with Crippen molar-refractivity contribution in [1.82, 2.24) is 19.4 Å². The second kappa shape index (κ2) is 7.55. The average molecular weight is 468 g/mol. The number of phenolic OH excluding ortho intramolecular Hbond substituents is 1. The van der Waals surface area contributed by atoms with Crippen molar-refractivity contribution in [2.75, 3.05) is 0 Å². The number of halogens is 1. The van der Waals surface area contributed by atoms with E-state index < -0.39 is 21.8 Å². The first-order valence-electron chi connectivity index (χ1n) is 9.83. The highest BCUT2D eigenvalue weighted by Crippen LogP contribution is 2.44. The largest absolute Gasteiger partial charge is 0.505 e. The van der Waals surface area contributed by atoms with Crippen LogP contribution in [0.25, 0.3) is 10.9 Å². The molecule has 1 N–H and O–H groups in total. The fourth-order valence-corrected chi connectivity index (χ4v) is 4.79. The summed E-state index contributed by atoms with van der Waals surface area (Å²) in [7, 11) is -2.71. The van der Waals surface area contributed by atoms with Gasteiger partial charge in [-0.1, -0.05) is 12.1 Å². The lowest BCUT2D eigenvalue weighted by Gasteiger charge is -2.16. The van der Waals surface area contributed by atoms with Gasteiger partial charge < -0.3 is 18.8 Å². The summed E-state index contributed by atoms with van der Waals surface area (Å²) >= 11 is 0. The molecule has 4 aromatic rings. The number of pyridine rings is 1. The van der Waals surface area contributed by atoms with E-state index in [0.717, 1.165) is 0 Å². The molecule has 3 heterocycles. The highest BCUT2D eigenvalue weighted by Gasteiger charge is 2.37. The summed E-state index contributed by atoms with van der Waals surface area (Å²) in [5.74, 6) is -1.36. The number of phenols is 1. The molecule has 0 aliphatic carbocycles. The average Bonchev–Trinajstić information content (AvgIpc) is 3.37. The van der Waals surface area contributed by atoms with Gasteiger partial charge in [-0.2, -0.15) is 8.42 Å². The Balaban J connectivity index is 1.62. The Labute approximate surface area is 187 Å². The minimum absolute atomic E-state index is 0.0169. The number of rotatable bonds is 5. The van der Waals surface area contributed by atoms with E-state index >= 15 is 0 Å². The third kappa shape index (κ3) is 3.55. The van der Waals surface area contributed by atoms with Gasteiger partial charge in [0.1, 0.15) is 11.3 Å². The van der Waals surface area contributed by atoms with Gasteiger partial charge in [-0.25, -0.2) is 9.37 Å². The zero-order valence-electron chi connectivity index (χ0n) is 17.3. The summed E-state index contributed by atoms with van der Waals surface area (Å²) in [6, 6.07) is 8.79. The molecule has 0 fully saturated rings. The van der Waals surface area contributed by atoms with Crippen molar-refractivity contribution >= 4 is 26.9 Å². The van der Waals surface area contributed by atoms with E-state index in [0.29, 0.717) is 5.56 Å². The number of aromatic hydroxyl groups is 1. The number of amides is 1. The molecule has 1 amide bonds. The summed E-state index contributed by atoms with van der Waals surface area (Å²) in [5.41, 5.74) is 0.858. The molecule has 11 heteroatoms. The maximum atomic E-state index is 13.3. The first kappa shape index (κ1) is 20.9. The van der Waals surface area contributed by atoms with Crippen LogP contribution in [0.1, 0.15) is 21.5 Å². The third-order valence-electron chi connectivity index (χ3n) is 5.36. The topological polar surface area (TPSA) is 115 Å². The molecule has 5 rings (SSSR count). The maximum Gasteiger partial charge on any atom is 0.358 e. The number of aromatic nitrogens is 3. The van der Waals surface area contributed by atoms with E-state index in [1.807, 2.05) is 0 Å². The lowest BCUT2D eigenvalue weighted by Crippen LogP contribution is -2.23. The number of carbonyl (C=O) groups is 1. The molecule has 2 aromatic heterocycles. The monoisotopic (exact) mass is 468 g/mol. The smallest absolute Gasteiger partial charge is 0.358 e. The minimum Gasteiger partial charge on any atom is -0.505 e. The van der Waals surface area contributed by atoms with Gasteiger partial charge in [0.15, 0.2) is 11.5 Å². The van der Waals surface area contributed by atoms with E-state index in [-0.39, 0.29) is 51.6 Å². The second-order valence-corrected chi connectivity index (χ2v) is 9.13. The van der Waals surface area contributed by atoms with Crippen LogP contribution in [0.5, 0.6) is 11.5 Å². The Morgan fingerprint density at radius 3 is 2.64 bits per heavy atom. The van der Waals surface area contributed by atoms with Gasteiger partial charge in [0, 0.05) is 36.9 Å². The third-order valence-corrected chi connectivity index (χ3v) is 6.47. The quantitative estimate of drug-likeness (QED) is 0.448. The van der Waals surface area contributed by atoms with E-state index in [4.69, 9.17) is 4.18 Å². The van der Waals surface area contributed by atoms with E-state index in [9.17, 15) is 22.7 Å². The molecule has 0 radical (unpaired) electrons. The second-order valence-electron chi connectivity index (χ2n) is 7.63. The molecule has 33 heavy (non-hydrogen) atoms. The summed E-state index contributed by atoms with van der Waals surface area (Å²) in [5, 5.41) is 10.8. The number of imidazole rings is 1. The Morgan fingerprint density at radius 1 is 1.18 bits per heavy atom. The van der Waals surface area contributed by atoms with Crippen LogP contribution in [-0.2, 0) is 30.3 Å².